The Morgan fingerprint density at radius 2 is 1.97 bits per heavy atom. The highest BCUT2D eigenvalue weighted by atomic mass is 19.4. The Hall–Kier alpha value is -3.15. The van der Waals surface area contributed by atoms with Crippen LogP contribution in [-0.4, -0.2) is 32.9 Å². The summed E-state index contributed by atoms with van der Waals surface area (Å²) >= 11 is 0. The van der Waals surface area contributed by atoms with E-state index >= 15 is 0 Å². The molecule has 0 spiro atoms. The molecule has 0 saturated carbocycles. The van der Waals surface area contributed by atoms with Crippen LogP contribution in [0.4, 0.5) is 17.6 Å². The molecule has 0 aliphatic heterocycles. The van der Waals surface area contributed by atoms with Crippen molar-refractivity contribution in [3.63, 3.8) is 0 Å². The first-order valence-electron chi connectivity index (χ1n) is 8.76. The number of aromatic carboxylic acids is 1. The summed E-state index contributed by atoms with van der Waals surface area (Å²) in [5, 5.41) is 9.18. The molecule has 1 aromatic heterocycles. The van der Waals surface area contributed by atoms with Crippen LogP contribution in [-0.2, 0) is 12.6 Å². The molecule has 0 fully saturated rings. The number of amides is 1. The van der Waals surface area contributed by atoms with Crippen molar-refractivity contribution in [2.45, 2.75) is 44.9 Å². The molecule has 0 bridgehead atoms. The number of halogens is 4. The number of aromatic nitrogens is 1. The number of carboxylic acids is 1. The van der Waals surface area contributed by atoms with Crippen molar-refractivity contribution in [3.05, 3.63) is 64.2 Å². The van der Waals surface area contributed by atoms with Gasteiger partial charge in [0.15, 0.2) is 5.69 Å². The third-order valence-corrected chi connectivity index (χ3v) is 4.83. The topological polar surface area (TPSA) is 70.5 Å². The number of fused-ring (bicyclic) bond motifs is 1. The van der Waals surface area contributed by atoms with E-state index in [0.717, 1.165) is 18.2 Å². The zero-order chi connectivity index (χ0) is 21.5. The van der Waals surface area contributed by atoms with E-state index in [9.17, 15) is 32.3 Å². The maximum atomic E-state index is 14.0. The van der Waals surface area contributed by atoms with E-state index in [0.29, 0.717) is 24.0 Å². The first-order chi connectivity index (χ1) is 13.5. The average molecular weight is 408 g/mol. The SMILES string of the molecule is CC(C)N(C(=O)c1cc#cnc1C(F)(F)F)C1CCc2cc(F)c(C(=O)O)cc21. The molecule has 29 heavy (non-hydrogen) atoms. The summed E-state index contributed by atoms with van der Waals surface area (Å²) in [6, 6.07) is 4.22. The quantitative estimate of drug-likeness (QED) is 0.775. The zero-order valence-electron chi connectivity index (χ0n) is 15.5. The van der Waals surface area contributed by atoms with E-state index in [2.05, 4.69) is 11.1 Å². The maximum absolute atomic E-state index is 14.0. The van der Waals surface area contributed by atoms with E-state index in [1.54, 1.807) is 13.8 Å². The molecular weight excluding hydrogens is 392 g/mol. The first-order valence-corrected chi connectivity index (χ1v) is 8.76. The van der Waals surface area contributed by atoms with E-state index in [1.807, 2.05) is 6.20 Å². The van der Waals surface area contributed by atoms with Gasteiger partial charge in [-0.25, -0.2) is 9.18 Å². The van der Waals surface area contributed by atoms with Crippen LogP contribution in [0, 0.1) is 18.1 Å². The van der Waals surface area contributed by atoms with Crippen LogP contribution in [0.1, 0.15) is 63.8 Å². The van der Waals surface area contributed by atoms with Gasteiger partial charge in [0.05, 0.1) is 17.2 Å². The minimum atomic E-state index is -4.85. The summed E-state index contributed by atoms with van der Waals surface area (Å²) in [5.74, 6) is -3.27. The first kappa shape index (κ1) is 20.6. The van der Waals surface area contributed by atoms with Crippen LogP contribution in [0.2, 0.25) is 0 Å². The molecule has 1 aromatic carbocycles. The van der Waals surface area contributed by atoms with E-state index in [-0.39, 0.29) is 0 Å². The highest BCUT2D eigenvalue weighted by Crippen LogP contribution is 2.40. The molecule has 5 nitrogen and oxygen atoms in total. The number of aryl methyl sites for hydroxylation is 1. The number of alkyl halides is 3. The van der Waals surface area contributed by atoms with E-state index < -0.39 is 52.8 Å². The van der Waals surface area contributed by atoms with Crippen molar-refractivity contribution in [3.8, 4) is 0 Å². The molecule has 1 N–H and O–H groups in total. The highest BCUT2D eigenvalue weighted by Gasteiger charge is 2.41. The summed E-state index contributed by atoms with van der Waals surface area (Å²) in [7, 11) is 0. The summed E-state index contributed by atoms with van der Waals surface area (Å²) in [6.07, 6.45) is -2.19. The summed E-state index contributed by atoms with van der Waals surface area (Å²) < 4.78 is 53.9. The lowest BCUT2D eigenvalue weighted by Gasteiger charge is -2.34. The van der Waals surface area contributed by atoms with Crippen LogP contribution in [0.3, 0.4) is 0 Å². The molecule has 0 saturated heterocycles. The van der Waals surface area contributed by atoms with Crippen LogP contribution in [0.25, 0.3) is 0 Å². The Morgan fingerprint density at radius 1 is 1.28 bits per heavy atom. The number of nitrogens with zero attached hydrogens (tertiary/aromatic N) is 2. The fraction of sp³-hybridized carbons (Fsp3) is 0.350. The highest BCUT2D eigenvalue weighted by molar-refractivity contribution is 5.96. The van der Waals surface area contributed by atoms with Gasteiger partial charge in [0, 0.05) is 18.3 Å². The van der Waals surface area contributed by atoms with Gasteiger partial charge in [-0.2, -0.15) is 18.2 Å². The lowest BCUT2D eigenvalue weighted by atomic mass is 10.0. The number of rotatable bonds is 4. The van der Waals surface area contributed by atoms with Crippen molar-refractivity contribution in [1.29, 1.82) is 0 Å². The molecule has 9 heteroatoms. The second-order valence-corrected chi connectivity index (χ2v) is 6.97. The van der Waals surface area contributed by atoms with Gasteiger partial charge >= 0.3 is 12.1 Å². The fourth-order valence-electron chi connectivity index (χ4n) is 3.63. The molecule has 1 aliphatic rings. The van der Waals surface area contributed by atoms with Gasteiger partial charge in [0.25, 0.3) is 5.91 Å². The van der Waals surface area contributed by atoms with Crippen molar-refractivity contribution in [2.75, 3.05) is 0 Å². The summed E-state index contributed by atoms with van der Waals surface area (Å²) in [4.78, 5) is 28.8. The van der Waals surface area contributed by atoms with Crippen molar-refractivity contribution in [2.24, 2.45) is 0 Å². The zero-order valence-corrected chi connectivity index (χ0v) is 15.5. The molecule has 1 amide bonds. The molecule has 1 unspecified atom stereocenters. The number of carbonyl (C=O) groups is 2. The molecule has 0 radical (unpaired) electrons. The second kappa shape index (κ2) is 7.35. The lowest BCUT2D eigenvalue weighted by Crippen LogP contribution is -2.40. The fourth-order valence-corrected chi connectivity index (χ4v) is 3.63. The van der Waals surface area contributed by atoms with Gasteiger partial charge in [0.2, 0.25) is 0 Å². The van der Waals surface area contributed by atoms with Crippen LogP contribution >= 0.6 is 0 Å². The smallest absolute Gasteiger partial charge is 0.434 e. The number of hydrogen-bond donors (Lipinski definition) is 1. The van der Waals surface area contributed by atoms with Gasteiger partial charge in [-0.1, -0.05) is 0 Å². The second-order valence-electron chi connectivity index (χ2n) is 6.97. The van der Waals surface area contributed by atoms with Gasteiger partial charge in [-0.15, -0.1) is 0 Å². The third kappa shape index (κ3) is 3.75. The number of carbonyl (C=O) groups excluding carboxylic acids is 1. The standard InChI is InChI=1S/C20H16F4N2O3/c1-10(2)26(18(27)12-4-3-7-25-17(12)20(22,23)24)16-6-5-11-8-15(21)14(19(28)29)9-13(11)16/h4,8-10,16H,5-6H2,1-2H3,(H,28,29). The van der Waals surface area contributed by atoms with Crippen LogP contribution in [0.15, 0.2) is 18.2 Å². The Bertz CT molecular complexity index is 973. The molecule has 152 valence electrons. The molecule has 1 aliphatic carbocycles. The minimum absolute atomic E-state index is 0.333. The average Bonchev–Trinajstić information content (AvgIpc) is 3.02. The van der Waals surface area contributed by atoms with Crippen LogP contribution in [0.5, 0.6) is 0 Å². The maximum Gasteiger partial charge on any atom is 0.434 e. The Morgan fingerprint density at radius 3 is 2.55 bits per heavy atom. The van der Waals surface area contributed by atoms with Crippen LogP contribution < -0.4 is 0 Å². The summed E-state index contributed by atoms with van der Waals surface area (Å²) in [5.41, 5.74) is -1.64. The largest absolute Gasteiger partial charge is 0.478 e. The Balaban J connectivity index is 2.08. The van der Waals surface area contributed by atoms with Gasteiger partial charge in [-0.3, -0.25) is 4.79 Å². The molecule has 1 heterocycles. The Kier molecular flexibility index (Phi) is 5.22. The van der Waals surface area contributed by atoms with Crippen molar-refractivity contribution >= 4 is 11.9 Å². The van der Waals surface area contributed by atoms with E-state index in [4.69, 9.17) is 0 Å². The molecule has 3 rings (SSSR count). The van der Waals surface area contributed by atoms with Gasteiger partial charge in [0.1, 0.15) is 5.82 Å². The number of benzene rings is 1. The summed E-state index contributed by atoms with van der Waals surface area (Å²) in [6.45, 7) is 3.27. The lowest BCUT2D eigenvalue weighted by molar-refractivity contribution is -0.141. The van der Waals surface area contributed by atoms with Crippen molar-refractivity contribution in [1.82, 2.24) is 9.88 Å². The number of hydrogen-bond acceptors (Lipinski definition) is 3. The minimum Gasteiger partial charge on any atom is -0.478 e. The van der Waals surface area contributed by atoms with Gasteiger partial charge in [-0.05, 0) is 56.0 Å². The molecular formula is C20H16F4N2O3. The van der Waals surface area contributed by atoms with Gasteiger partial charge < -0.3 is 10.0 Å². The third-order valence-electron chi connectivity index (χ3n) is 4.83. The normalized spacial score (nSPS) is 15.8. The Labute approximate surface area is 164 Å². The predicted octanol–water partition coefficient (Wildman–Crippen LogP) is 4.08. The van der Waals surface area contributed by atoms with Crippen molar-refractivity contribution < 1.29 is 32.3 Å². The molecule has 1 atom stereocenters. The van der Waals surface area contributed by atoms with E-state index in [1.165, 1.54) is 4.90 Å². The predicted molar refractivity (Wildman–Crippen MR) is 92.6 cm³/mol. The molecule has 2 aromatic rings. The number of carboxylic acid groups (broad SMARTS) is 1. The monoisotopic (exact) mass is 408 g/mol.